The zero-order chi connectivity index (χ0) is 16.2. The van der Waals surface area contributed by atoms with Gasteiger partial charge in [-0.1, -0.05) is 6.07 Å². The topological polar surface area (TPSA) is 67.0 Å². The zero-order valence-corrected chi connectivity index (χ0v) is 13.2. The number of benzene rings is 2. The Kier molecular flexibility index (Phi) is 4.28. The van der Waals surface area contributed by atoms with Crippen molar-refractivity contribution in [3.05, 3.63) is 59.4 Å². The molecule has 0 aliphatic rings. The molecule has 0 aliphatic heterocycles. The molecule has 0 saturated heterocycles. The van der Waals surface area contributed by atoms with Crippen molar-refractivity contribution >= 4 is 16.9 Å². The highest BCUT2D eigenvalue weighted by Crippen LogP contribution is 2.14. The molecule has 0 fully saturated rings. The SMILES string of the molecule is COc1ccc(C(=O)NCCc2ccc3nc(C)[nH]c3c2)cc1. The van der Waals surface area contributed by atoms with Gasteiger partial charge < -0.3 is 15.0 Å². The van der Waals surface area contributed by atoms with Crippen LogP contribution in [0.1, 0.15) is 21.7 Å². The first-order valence-electron chi connectivity index (χ1n) is 7.53. The second kappa shape index (κ2) is 6.52. The first kappa shape index (κ1) is 15.1. The Labute approximate surface area is 134 Å². The molecule has 3 aromatic rings. The van der Waals surface area contributed by atoms with Crippen LogP contribution in [0.3, 0.4) is 0 Å². The fraction of sp³-hybridized carbons (Fsp3) is 0.222. The molecule has 5 heteroatoms. The fourth-order valence-corrected chi connectivity index (χ4v) is 2.50. The van der Waals surface area contributed by atoms with Gasteiger partial charge in [-0.2, -0.15) is 0 Å². The third-order valence-electron chi connectivity index (χ3n) is 3.72. The van der Waals surface area contributed by atoms with Crippen LogP contribution in [-0.2, 0) is 6.42 Å². The number of amides is 1. The van der Waals surface area contributed by atoms with E-state index >= 15 is 0 Å². The van der Waals surface area contributed by atoms with E-state index in [2.05, 4.69) is 21.4 Å². The van der Waals surface area contributed by atoms with Crippen LogP contribution in [0, 0.1) is 6.92 Å². The maximum Gasteiger partial charge on any atom is 0.251 e. The van der Waals surface area contributed by atoms with Crippen molar-refractivity contribution in [2.45, 2.75) is 13.3 Å². The number of fused-ring (bicyclic) bond motifs is 1. The number of rotatable bonds is 5. The predicted molar refractivity (Wildman–Crippen MR) is 89.9 cm³/mol. The van der Waals surface area contributed by atoms with E-state index in [9.17, 15) is 4.79 Å². The molecule has 23 heavy (non-hydrogen) atoms. The number of carbonyl (C=O) groups is 1. The van der Waals surface area contributed by atoms with Gasteiger partial charge in [0, 0.05) is 12.1 Å². The number of hydrogen-bond acceptors (Lipinski definition) is 3. The number of carbonyl (C=O) groups excluding carboxylic acids is 1. The standard InChI is InChI=1S/C18H19N3O2/c1-12-20-16-8-3-13(11-17(16)21-12)9-10-19-18(22)14-4-6-15(23-2)7-5-14/h3-8,11H,9-10H2,1-2H3,(H,19,22)(H,20,21). The van der Waals surface area contributed by atoms with Gasteiger partial charge in [0.2, 0.25) is 0 Å². The number of hydrogen-bond donors (Lipinski definition) is 2. The van der Waals surface area contributed by atoms with Gasteiger partial charge in [-0.05, 0) is 55.3 Å². The van der Waals surface area contributed by atoms with Gasteiger partial charge >= 0.3 is 0 Å². The predicted octanol–water partition coefficient (Wildman–Crippen LogP) is 2.85. The van der Waals surface area contributed by atoms with Crippen molar-refractivity contribution in [2.75, 3.05) is 13.7 Å². The highest BCUT2D eigenvalue weighted by Gasteiger charge is 2.06. The number of methoxy groups -OCH3 is 1. The monoisotopic (exact) mass is 309 g/mol. The lowest BCUT2D eigenvalue weighted by molar-refractivity contribution is 0.0954. The van der Waals surface area contributed by atoms with Crippen molar-refractivity contribution in [3.63, 3.8) is 0 Å². The quantitative estimate of drug-likeness (QED) is 0.761. The van der Waals surface area contributed by atoms with Gasteiger partial charge in [0.15, 0.2) is 0 Å². The summed E-state index contributed by atoms with van der Waals surface area (Å²) in [6, 6.07) is 13.2. The Morgan fingerprint density at radius 1 is 1.22 bits per heavy atom. The van der Waals surface area contributed by atoms with Gasteiger partial charge in [0.1, 0.15) is 11.6 Å². The molecule has 5 nitrogen and oxygen atoms in total. The average Bonchev–Trinajstić information content (AvgIpc) is 2.94. The number of aryl methyl sites for hydroxylation is 1. The van der Waals surface area contributed by atoms with Crippen molar-refractivity contribution < 1.29 is 9.53 Å². The van der Waals surface area contributed by atoms with E-state index in [-0.39, 0.29) is 5.91 Å². The van der Waals surface area contributed by atoms with Crippen LogP contribution in [0.25, 0.3) is 11.0 Å². The Morgan fingerprint density at radius 2 is 2.00 bits per heavy atom. The number of nitrogens with zero attached hydrogens (tertiary/aromatic N) is 1. The van der Waals surface area contributed by atoms with E-state index < -0.39 is 0 Å². The summed E-state index contributed by atoms with van der Waals surface area (Å²) in [7, 11) is 1.60. The Morgan fingerprint density at radius 3 is 2.74 bits per heavy atom. The summed E-state index contributed by atoms with van der Waals surface area (Å²) in [4.78, 5) is 19.7. The molecule has 2 aromatic carbocycles. The van der Waals surface area contributed by atoms with Crippen molar-refractivity contribution in [3.8, 4) is 5.75 Å². The van der Waals surface area contributed by atoms with E-state index in [1.165, 1.54) is 0 Å². The lowest BCUT2D eigenvalue weighted by Gasteiger charge is -2.06. The van der Waals surface area contributed by atoms with E-state index in [0.29, 0.717) is 12.1 Å². The second-order valence-electron chi connectivity index (χ2n) is 5.41. The zero-order valence-electron chi connectivity index (χ0n) is 13.2. The van der Waals surface area contributed by atoms with Crippen LogP contribution in [0.5, 0.6) is 5.75 Å². The van der Waals surface area contributed by atoms with Crippen molar-refractivity contribution in [1.29, 1.82) is 0 Å². The second-order valence-corrected chi connectivity index (χ2v) is 5.41. The van der Waals surface area contributed by atoms with Gasteiger partial charge in [-0.25, -0.2) is 4.98 Å². The lowest BCUT2D eigenvalue weighted by Crippen LogP contribution is -2.25. The van der Waals surface area contributed by atoms with Crippen LogP contribution < -0.4 is 10.1 Å². The minimum Gasteiger partial charge on any atom is -0.497 e. The van der Waals surface area contributed by atoms with E-state index in [4.69, 9.17) is 4.74 Å². The molecule has 0 saturated carbocycles. The van der Waals surface area contributed by atoms with Crippen LogP contribution in [-0.4, -0.2) is 29.5 Å². The van der Waals surface area contributed by atoms with Crippen molar-refractivity contribution in [1.82, 2.24) is 15.3 Å². The minimum atomic E-state index is -0.0777. The highest BCUT2D eigenvalue weighted by molar-refractivity contribution is 5.94. The van der Waals surface area contributed by atoms with Crippen LogP contribution in [0.15, 0.2) is 42.5 Å². The molecule has 118 valence electrons. The average molecular weight is 309 g/mol. The molecule has 1 aromatic heterocycles. The summed E-state index contributed by atoms with van der Waals surface area (Å²) in [5.74, 6) is 1.57. The normalized spacial score (nSPS) is 10.7. The molecule has 0 radical (unpaired) electrons. The molecule has 0 aliphatic carbocycles. The maximum atomic E-state index is 12.1. The summed E-state index contributed by atoms with van der Waals surface area (Å²) in [5.41, 5.74) is 3.79. The third-order valence-corrected chi connectivity index (χ3v) is 3.72. The molecule has 0 bridgehead atoms. The summed E-state index contributed by atoms with van der Waals surface area (Å²) >= 11 is 0. The summed E-state index contributed by atoms with van der Waals surface area (Å²) in [5, 5.41) is 2.93. The minimum absolute atomic E-state index is 0.0777. The number of imidazole rings is 1. The smallest absolute Gasteiger partial charge is 0.251 e. The van der Waals surface area contributed by atoms with E-state index in [1.807, 2.05) is 19.1 Å². The van der Waals surface area contributed by atoms with Crippen LogP contribution in [0.2, 0.25) is 0 Å². The molecular weight excluding hydrogens is 290 g/mol. The molecule has 2 N–H and O–H groups in total. The number of ether oxygens (including phenoxy) is 1. The molecule has 3 rings (SSSR count). The molecule has 0 atom stereocenters. The maximum absolute atomic E-state index is 12.1. The summed E-state index contributed by atoms with van der Waals surface area (Å²) in [6.07, 6.45) is 0.774. The fourth-order valence-electron chi connectivity index (χ4n) is 2.50. The lowest BCUT2D eigenvalue weighted by atomic mass is 10.1. The highest BCUT2D eigenvalue weighted by atomic mass is 16.5. The molecule has 0 spiro atoms. The van der Waals surface area contributed by atoms with E-state index in [0.717, 1.165) is 34.6 Å². The summed E-state index contributed by atoms with van der Waals surface area (Å²) in [6.45, 7) is 2.53. The summed E-state index contributed by atoms with van der Waals surface area (Å²) < 4.78 is 5.08. The molecular formula is C18H19N3O2. The number of nitrogens with one attached hydrogen (secondary N) is 2. The molecule has 1 heterocycles. The Hall–Kier alpha value is -2.82. The number of H-pyrrole nitrogens is 1. The van der Waals surface area contributed by atoms with Crippen LogP contribution >= 0.6 is 0 Å². The van der Waals surface area contributed by atoms with Gasteiger partial charge in [-0.15, -0.1) is 0 Å². The van der Waals surface area contributed by atoms with Gasteiger partial charge in [0.25, 0.3) is 5.91 Å². The number of aromatic amines is 1. The first-order chi connectivity index (χ1) is 11.2. The van der Waals surface area contributed by atoms with E-state index in [1.54, 1.807) is 31.4 Å². The Bertz CT molecular complexity index is 822. The van der Waals surface area contributed by atoms with Gasteiger partial charge in [0.05, 0.1) is 18.1 Å². The number of aromatic nitrogens is 2. The largest absolute Gasteiger partial charge is 0.497 e. The Balaban J connectivity index is 1.57. The molecule has 1 amide bonds. The molecule has 0 unspecified atom stereocenters. The third kappa shape index (κ3) is 3.51. The van der Waals surface area contributed by atoms with Crippen molar-refractivity contribution in [2.24, 2.45) is 0 Å². The van der Waals surface area contributed by atoms with Crippen LogP contribution in [0.4, 0.5) is 0 Å². The van der Waals surface area contributed by atoms with Gasteiger partial charge in [-0.3, -0.25) is 4.79 Å². The first-order valence-corrected chi connectivity index (χ1v) is 7.53.